The van der Waals surface area contributed by atoms with Gasteiger partial charge in [-0.3, -0.25) is 9.55 Å². The molecule has 3 heterocycles. The Balaban J connectivity index is 1.86. The zero-order valence-electron chi connectivity index (χ0n) is 14.5. The molecule has 3 aromatic heterocycles. The summed E-state index contributed by atoms with van der Waals surface area (Å²) in [5, 5.41) is 13.4. The Morgan fingerprint density at radius 1 is 1.24 bits per heavy atom. The van der Waals surface area contributed by atoms with E-state index in [9.17, 15) is 0 Å². The topological polar surface area (TPSA) is 82.5 Å². The van der Waals surface area contributed by atoms with Crippen LogP contribution in [0.2, 0.25) is 0 Å². The first-order chi connectivity index (χ1) is 12.1. The van der Waals surface area contributed by atoms with Crippen LogP contribution in [0, 0.1) is 0 Å². The van der Waals surface area contributed by atoms with Gasteiger partial charge in [-0.1, -0.05) is 36.8 Å². The molecule has 0 radical (unpaired) electrons. The van der Waals surface area contributed by atoms with E-state index in [1.165, 1.54) is 11.8 Å². The summed E-state index contributed by atoms with van der Waals surface area (Å²) in [6.45, 7) is 10.5. The van der Waals surface area contributed by atoms with Crippen LogP contribution < -0.4 is 0 Å². The van der Waals surface area contributed by atoms with Crippen LogP contribution in [-0.4, -0.2) is 29.9 Å². The van der Waals surface area contributed by atoms with Gasteiger partial charge in [0.05, 0.1) is 5.25 Å². The minimum Gasteiger partial charge on any atom is -0.338 e. The molecule has 130 valence electrons. The van der Waals surface area contributed by atoms with Crippen molar-refractivity contribution >= 4 is 11.8 Å². The first kappa shape index (κ1) is 17.3. The number of pyridine rings is 1. The maximum atomic E-state index is 5.38. The molecule has 3 rings (SSSR count). The fourth-order valence-electron chi connectivity index (χ4n) is 2.24. The highest BCUT2D eigenvalue weighted by atomic mass is 32.2. The van der Waals surface area contributed by atoms with Gasteiger partial charge in [0.25, 0.3) is 0 Å². The van der Waals surface area contributed by atoms with Gasteiger partial charge in [-0.15, -0.1) is 16.8 Å². The number of aromatic nitrogens is 6. The van der Waals surface area contributed by atoms with E-state index in [-0.39, 0.29) is 11.2 Å². The molecule has 7 nitrogen and oxygen atoms in total. The quantitative estimate of drug-likeness (QED) is 0.469. The van der Waals surface area contributed by atoms with Crippen molar-refractivity contribution in [3.8, 4) is 11.4 Å². The number of hydrogen-bond donors (Lipinski definition) is 0. The van der Waals surface area contributed by atoms with Crippen molar-refractivity contribution in [1.82, 2.24) is 29.9 Å². The number of allylic oxidation sites excluding steroid dienone is 1. The Morgan fingerprint density at radius 3 is 2.64 bits per heavy atom. The van der Waals surface area contributed by atoms with Crippen molar-refractivity contribution in [2.45, 2.75) is 43.6 Å². The summed E-state index contributed by atoms with van der Waals surface area (Å²) in [5.74, 6) is 2.32. The number of rotatable bonds is 7. The highest BCUT2D eigenvalue weighted by Gasteiger charge is 2.21. The third-order valence-electron chi connectivity index (χ3n) is 3.57. The molecule has 0 aliphatic heterocycles. The van der Waals surface area contributed by atoms with E-state index in [1.807, 2.05) is 43.5 Å². The Hall–Kier alpha value is -2.48. The number of hydrogen-bond acceptors (Lipinski definition) is 7. The predicted molar refractivity (Wildman–Crippen MR) is 96.1 cm³/mol. The predicted octanol–water partition coefficient (Wildman–Crippen LogP) is 3.89. The molecule has 0 aliphatic rings. The Morgan fingerprint density at radius 2 is 2.00 bits per heavy atom. The molecule has 0 fully saturated rings. The van der Waals surface area contributed by atoms with Gasteiger partial charge in [-0.2, -0.15) is 4.98 Å². The van der Waals surface area contributed by atoms with E-state index < -0.39 is 0 Å². The molecule has 0 saturated heterocycles. The molecule has 8 heteroatoms. The number of thioether (sulfide) groups is 1. The summed E-state index contributed by atoms with van der Waals surface area (Å²) < 4.78 is 7.40. The second kappa shape index (κ2) is 7.60. The first-order valence-corrected chi connectivity index (χ1v) is 8.92. The highest BCUT2D eigenvalue weighted by Crippen LogP contribution is 2.35. The lowest BCUT2D eigenvalue weighted by molar-refractivity contribution is 0.373. The third-order valence-corrected chi connectivity index (χ3v) is 4.64. The van der Waals surface area contributed by atoms with Gasteiger partial charge in [0, 0.05) is 30.4 Å². The second-order valence-electron chi connectivity index (χ2n) is 5.85. The molecule has 1 unspecified atom stereocenters. The summed E-state index contributed by atoms with van der Waals surface area (Å²) in [4.78, 5) is 8.51. The summed E-state index contributed by atoms with van der Waals surface area (Å²) in [5.41, 5.74) is 0.962. The van der Waals surface area contributed by atoms with Crippen molar-refractivity contribution in [3.05, 3.63) is 48.9 Å². The van der Waals surface area contributed by atoms with Crippen LogP contribution in [0.4, 0.5) is 0 Å². The lowest BCUT2D eigenvalue weighted by atomic mass is 10.2. The van der Waals surface area contributed by atoms with Crippen molar-refractivity contribution in [1.29, 1.82) is 0 Å². The minimum atomic E-state index is -0.0296. The summed E-state index contributed by atoms with van der Waals surface area (Å²) >= 11 is 1.53. The van der Waals surface area contributed by atoms with Gasteiger partial charge >= 0.3 is 0 Å². The fraction of sp³-hybridized carbons (Fsp3) is 0.353. The Kier molecular flexibility index (Phi) is 5.28. The highest BCUT2D eigenvalue weighted by molar-refractivity contribution is 7.99. The Bertz CT molecular complexity index is 842. The molecule has 0 aliphatic carbocycles. The van der Waals surface area contributed by atoms with Gasteiger partial charge in [0.1, 0.15) is 0 Å². The van der Waals surface area contributed by atoms with E-state index in [2.05, 4.69) is 31.9 Å². The molecule has 25 heavy (non-hydrogen) atoms. The van der Waals surface area contributed by atoms with Crippen molar-refractivity contribution in [3.63, 3.8) is 0 Å². The summed E-state index contributed by atoms with van der Waals surface area (Å²) in [6.07, 6.45) is 5.31. The van der Waals surface area contributed by atoms with Crippen LogP contribution in [0.5, 0.6) is 0 Å². The largest absolute Gasteiger partial charge is 0.338 e. The molecule has 0 bridgehead atoms. The van der Waals surface area contributed by atoms with Gasteiger partial charge in [0.2, 0.25) is 5.89 Å². The molecule has 0 spiro atoms. The van der Waals surface area contributed by atoms with Gasteiger partial charge in [-0.05, 0) is 19.1 Å². The zero-order valence-corrected chi connectivity index (χ0v) is 15.3. The maximum Gasteiger partial charge on any atom is 0.239 e. The summed E-state index contributed by atoms with van der Waals surface area (Å²) in [7, 11) is 0. The van der Waals surface area contributed by atoms with Gasteiger partial charge < -0.3 is 4.52 Å². The van der Waals surface area contributed by atoms with E-state index in [0.717, 1.165) is 16.5 Å². The monoisotopic (exact) mass is 356 g/mol. The van der Waals surface area contributed by atoms with Crippen molar-refractivity contribution < 1.29 is 4.52 Å². The second-order valence-corrected chi connectivity index (χ2v) is 7.15. The standard InChI is InChI=1S/C17H20N6OS/c1-5-10-23-15(13-6-8-18-9-7-13)20-21-17(23)25-12(4)16-19-14(11(2)3)22-24-16/h5-9,11-12H,1,10H2,2-4H3. The van der Waals surface area contributed by atoms with Crippen LogP contribution in [-0.2, 0) is 6.54 Å². The summed E-state index contributed by atoms with van der Waals surface area (Å²) in [6, 6.07) is 3.82. The van der Waals surface area contributed by atoms with E-state index >= 15 is 0 Å². The lowest BCUT2D eigenvalue weighted by Gasteiger charge is -2.09. The third kappa shape index (κ3) is 3.79. The normalized spacial score (nSPS) is 12.5. The molecule has 1 atom stereocenters. The molecular formula is C17H20N6OS. The smallest absolute Gasteiger partial charge is 0.239 e. The minimum absolute atomic E-state index is 0.0296. The zero-order chi connectivity index (χ0) is 17.8. The van der Waals surface area contributed by atoms with E-state index in [0.29, 0.717) is 18.3 Å². The van der Waals surface area contributed by atoms with Crippen LogP contribution in [0.25, 0.3) is 11.4 Å². The molecule has 0 saturated carbocycles. The van der Waals surface area contributed by atoms with Crippen molar-refractivity contribution in [2.75, 3.05) is 0 Å². The Labute approximate surface area is 150 Å². The molecule has 3 aromatic rings. The average Bonchev–Trinajstić information content (AvgIpc) is 3.24. The van der Waals surface area contributed by atoms with Crippen LogP contribution in [0.3, 0.4) is 0 Å². The fourth-order valence-corrected chi connectivity index (χ4v) is 3.13. The van der Waals surface area contributed by atoms with Gasteiger partial charge in [0.15, 0.2) is 16.8 Å². The SMILES string of the molecule is C=CCn1c(SC(C)c2nc(C(C)C)no2)nnc1-c1ccncc1. The van der Waals surface area contributed by atoms with Crippen LogP contribution >= 0.6 is 11.8 Å². The maximum absolute atomic E-state index is 5.38. The lowest BCUT2D eigenvalue weighted by Crippen LogP contribution is -2.02. The van der Waals surface area contributed by atoms with Crippen LogP contribution in [0.1, 0.15) is 43.7 Å². The number of nitrogens with zero attached hydrogens (tertiary/aromatic N) is 6. The molecular weight excluding hydrogens is 336 g/mol. The molecule has 0 aromatic carbocycles. The first-order valence-electron chi connectivity index (χ1n) is 8.04. The van der Waals surface area contributed by atoms with Gasteiger partial charge in [-0.25, -0.2) is 0 Å². The van der Waals surface area contributed by atoms with Crippen LogP contribution in [0.15, 0.2) is 46.9 Å². The van der Waals surface area contributed by atoms with Crippen molar-refractivity contribution in [2.24, 2.45) is 0 Å². The van der Waals surface area contributed by atoms with E-state index in [4.69, 9.17) is 4.52 Å². The molecule has 0 N–H and O–H groups in total. The average molecular weight is 356 g/mol. The molecule has 0 amide bonds. The van der Waals surface area contributed by atoms with E-state index in [1.54, 1.807) is 12.4 Å².